The fourth-order valence-electron chi connectivity index (χ4n) is 3.36. The number of ether oxygens (including phenoxy) is 1. The lowest BCUT2D eigenvalue weighted by molar-refractivity contribution is -0.119. The summed E-state index contributed by atoms with van der Waals surface area (Å²) in [5.74, 6) is -0.244. The highest BCUT2D eigenvalue weighted by Gasteiger charge is 2.35. The number of rotatable bonds is 3. The summed E-state index contributed by atoms with van der Waals surface area (Å²) in [4.78, 5) is 26.7. The van der Waals surface area contributed by atoms with Crippen LogP contribution in [0.3, 0.4) is 0 Å². The van der Waals surface area contributed by atoms with Crippen LogP contribution in [0.4, 0.5) is 5.69 Å². The smallest absolute Gasteiger partial charge is 0.338 e. The molecule has 0 aromatic heterocycles. The zero-order valence-corrected chi connectivity index (χ0v) is 14.9. The Morgan fingerprint density at radius 1 is 1.16 bits per heavy atom. The van der Waals surface area contributed by atoms with E-state index in [1.165, 1.54) is 0 Å². The Balaban J connectivity index is 1.94. The van der Waals surface area contributed by atoms with Crippen molar-refractivity contribution >= 4 is 17.6 Å². The average Bonchev–Trinajstić information content (AvgIpc) is 2.62. The average molecular weight is 337 g/mol. The third-order valence-electron chi connectivity index (χ3n) is 4.62. The Morgan fingerprint density at radius 2 is 1.88 bits per heavy atom. The van der Waals surface area contributed by atoms with Crippen LogP contribution in [0.1, 0.15) is 54.3 Å². The molecule has 1 amide bonds. The quantitative estimate of drug-likeness (QED) is 0.779. The maximum absolute atomic E-state index is 12.5. The highest BCUT2D eigenvalue weighted by Crippen LogP contribution is 2.40. The molecule has 4 heteroatoms. The van der Waals surface area contributed by atoms with Crippen molar-refractivity contribution in [1.29, 1.82) is 0 Å². The third-order valence-corrected chi connectivity index (χ3v) is 4.62. The standard InChI is InChI=1S/C21H23NO3/c1-4-20(23)22-15(3)13-19(17-12-14(2)10-11-18(17)22)25-21(24)16-8-6-5-7-9-16/h5-12,15,19H,4,13H2,1-3H3/t15-,19+/m1/s1. The molecule has 0 spiro atoms. The molecule has 1 aliphatic heterocycles. The lowest BCUT2D eigenvalue weighted by atomic mass is 9.92. The van der Waals surface area contributed by atoms with E-state index in [1.807, 2.05) is 62.1 Å². The summed E-state index contributed by atoms with van der Waals surface area (Å²) in [6, 6.07) is 14.9. The highest BCUT2D eigenvalue weighted by atomic mass is 16.5. The van der Waals surface area contributed by atoms with Crippen molar-refractivity contribution in [2.75, 3.05) is 4.90 Å². The van der Waals surface area contributed by atoms with Crippen LogP contribution in [-0.2, 0) is 9.53 Å². The zero-order valence-electron chi connectivity index (χ0n) is 14.9. The summed E-state index contributed by atoms with van der Waals surface area (Å²) in [6.07, 6.45) is 0.700. The van der Waals surface area contributed by atoms with E-state index in [1.54, 1.807) is 12.1 Å². The number of carbonyl (C=O) groups is 2. The molecule has 0 radical (unpaired) electrons. The van der Waals surface area contributed by atoms with Crippen LogP contribution < -0.4 is 4.90 Å². The molecule has 1 aliphatic rings. The first kappa shape index (κ1) is 17.2. The molecule has 3 rings (SSSR count). The highest BCUT2D eigenvalue weighted by molar-refractivity contribution is 5.95. The number of fused-ring (bicyclic) bond motifs is 1. The first-order valence-electron chi connectivity index (χ1n) is 8.70. The normalized spacial score (nSPS) is 19.2. The van der Waals surface area contributed by atoms with Crippen molar-refractivity contribution in [2.45, 2.75) is 45.8 Å². The minimum absolute atomic E-state index is 0.0174. The van der Waals surface area contributed by atoms with Crippen LogP contribution >= 0.6 is 0 Å². The number of anilines is 1. The van der Waals surface area contributed by atoms with Gasteiger partial charge >= 0.3 is 5.97 Å². The van der Waals surface area contributed by atoms with Gasteiger partial charge in [0.2, 0.25) is 5.91 Å². The van der Waals surface area contributed by atoms with Crippen molar-refractivity contribution in [1.82, 2.24) is 0 Å². The van der Waals surface area contributed by atoms with Crippen molar-refractivity contribution in [3.63, 3.8) is 0 Å². The predicted molar refractivity (Wildman–Crippen MR) is 97.6 cm³/mol. The number of nitrogens with zero attached hydrogens (tertiary/aromatic N) is 1. The van der Waals surface area contributed by atoms with Gasteiger partial charge in [-0.3, -0.25) is 4.79 Å². The molecule has 1 heterocycles. The van der Waals surface area contributed by atoms with Gasteiger partial charge in [-0.15, -0.1) is 0 Å². The van der Waals surface area contributed by atoms with Crippen LogP contribution in [0, 0.1) is 6.92 Å². The lowest BCUT2D eigenvalue weighted by Crippen LogP contribution is -2.43. The van der Waals surface area contributed by atoms with Crippen LogP contribution in [0.5, 0.6) is 0 Å². The van der Waals surface area contributed by atoms with E-state index in [-0.39, 0.29) is 24.0 Å². The number of benzene rings is 2. The molecule has 0 N–H and O–H groups in total. The fraction of sp³-hybridized carbons (Fsp3) is 0.333. The first-order chi connectivity index (χ1) is 12.0. The van der Waals surface area contributed by atoms with Crippen LogP contribution in [0.25, 0.3) is 0 Å². The molecule has 130 valence electrons. The van der Waals surface area contributed by atoms with Crippen molar-refractivity contribution in [3.8, 4) is 0 Å². The summed E-state index contributed by atoms with van der Waals surface area (Å²) >= 11 is 0. The molecule has 0 saturated carbocycles. The van der Waals surface area contributed by atoms with Crippen LogP contribution in [0.15, 0.2) is 48.5 Å². The second-order valence-electron chi connectivity index (χ2n) is 6.52. The van der Waals surface area contributed by atoms with Gasteiger partial charge < -0.3 is 9.64 Å². The third kappa shape index (κ3) is 3.43. The SMILES string of the molecule is CCC(=O)N1c2ccc(C)cc2[C@@H](OC(=O)c2ccccc2)C[C@H]1C. The molecule has 25 heavy (non-hydrogen) atoms. The van der Waals surface area contributed by atoms with Crippen LogP contribution in [-0.4, -0.2) is 17.9 Å². The molecule has 2 aromatic carbocycles. The molecule has 2 atom stereocenters. The molecule has 0 saturated heterocycles. The maximum Gasteiger partial charge on any atom is 0.338 e. The number of aryl methyl sites for hydroxylation is 1. The van der Waals surface area contributed by atoms with E-state index >= 15 is 0 Å². The Kier molecular flexibility index (Phi) is 4.88. The predicted octanol–water partition coefficient (Wildman–Crippen LogP) is 4.43. The minimum atomic E-state index is -0.349. The second kappa shape index (κ2) is 7.09. The zero-order chi connectivity index (χ0) is 18.0. The van der Waals surface area contributed by atoms with Gasteiger partial charge in [-0.25, -0.2) is 4.79 Å². The Bertz CT molecular complexity index is 785. The molecule has 0 bridgehead atoms. The van der Waals surface area contributed by atoms with E-state index in [0.717, 1.165) is 16.8 Å². The van der Waals surface area contributed by atoms with E-state index in [2.05, 4.69) is 0 Å². The number of carbonyl (C=O) groups excluding carboxylic acids is 2. The molecular formula is C21H23NO3. The van der Waals surface area contributed by atoms with Gasteiger partial charge in [0.15, 0.2) is 0 Å². The van der Waals surface area contributed by atoms with Gasteiger partial charge in [-0.2, -0.15) is 0 Å². The number of hydrogen-bond donors (Lipinski definition) is 0. The molecule has 2 aromatic rings. The van der Waals surface area contributed by atoms with Gasteiger partial charge in [-0.1, -0.05) is 42.8 Å². The lowest BCUT2D eigenvalue weighted by Gasteiger charge is -2.39. The van der Waals surface area contributed by atoms with Crippen molar-refractivity contribution < 1.29 is 14.3 Å². The maximum atomic E-state index is 12.5. The molecule has 0 unspecified atom stereocenters. The van der Waals surface area contributed by atoms with Gasteiger partial charge in [0, 0.05) is 24.4 Å². The number of hydrogen-bond acceptors (Lipinski definition) is 3. The first-order valence-corrected chi connectivity index (χ1v) is 8.70. The minimum Gasteiger partial charge on any atom is -0.454 e. The Morgan fingerprint density at radius 3 is 2.56 bits per heavy atom. The van der Waals surface area contributed by atoms with Crippen molar-refractivity contribution in [3.05, 3.63) is 65.2 Å². The topological polar surface area (TPSA) is 46.6 Å². The molecular weight excluding hydrogens is 314 g/mol. The largest absolute Gasteiger partial charge is 0.454 e. The van der Waals surface area contributed by atoms with E-state index < -0.39 is 0 Å². The van der Waals surface area contributed by atoms with E-state index in [0.29, 0.717) is 18.4 Å². The monoisotopic (exact) mass is 337 g/mol. The van der Waals surface area contributed by atoms with Gasteiger partial charge in [0.25, 0.3) is 0 Å². The summed E-state index contributed by atoms with van der Waals surface area (Å²) < 4.78 is 5.81. The van der Waals surface area contributed by atoms with E-state index in [4.69, 9.17) is 4.74 Å². The van der Waals surface area contributed by atoms with Gasteiger partial charge in [0.1, 0.15) is 6.10 Å². The molecule has 4 nitrogen and oxygen atoms in total. The second-order valence-corrected chi connectivity index (χ2v) is 6.52. The number of esters is 1. The Hall–Kier alpha value is -2.62. The molecule has 0 fully saturated rings. The van der Waals surface area contributed by atoms with Crippen LogP contribution in [0.2, 0.25) is 0 Å². The van der Waals surface area contributed by atoms with E-state index in [9.17, 15) is 9.59 Å². The van der Waals surface area contributed by atoms with Crippen molar-refractivity contribution in [2.24, 2.45) is 0 Å². The summed E-state index contributed by atoms with van der Waals surface area (Å²) in [5, 5.41) is 0. The molecule has 0 aliphatic carbocycles. The van der Waals surface area contributed by atoms with Gasteiger partial charge in [-0.05, 0) is 32.0 Å². The van der Waals surface area contributed by atoms with Gasteiger partial charge in [0.05, 0.1) is 11.3 Å². The summed E-state index contributed by atoms with van der Waals surface area (Å²) in [7, 11) is 0. The Labute approximate surface area is 148 Å². The fourth-order valence-corrected chi connectivity index (χ4v) is 3.36. The summed E-state index contributed by atoms with van der Waals surface area (Å²) in [5.41, 5.74) is 3.38. The summed E-state index contributed by atoms with van der Waals surface area (Å²) in [6.45, 7) is 5.87. The number of amides is 1.